The molecule has 0 aromatic heterocycles. The minimum Gasteiger partial charge on any atom is -0.497 e. The standard InChI is InChI=1S/C28H23N3O2/c1-33-20-16-14-19(15-17-20)28(23-12-6-5-10-22(23)26(29)31-28)24-13-7-11-21(25(24)27(30)32)18-8-3-2-4-9-18/h2-17H,1H3,(H2,29,31)(H2,30,32). The van der Waals surface area contributed by atoms with E-state index in [0.29, 0.717) is 17.0 Å². The predicted octanol–water partition coefficient (Wildman–Crippen LogP) is 4.47. The summed E-state index contributed by atoms with van der Waals surface area (Å²) >= 11 is 0. The Balaban J connectivity index is 1.88. The molecule has 0 bridgehead atoms. The number of primary amides is 1. The van der Waals surface area contributed by atoms with Crippen LogP contribution in [0.2, 0.25) is 0 Å². The number of carbonyl (C=O) groups excluding carboxylic acids is 1. The summed E-state index contributed by atoms with van der Waals surface area (Å²) in [5.41, 5.74) is 16.8. The van der Waals surface area contributed by atoms with Crippen molar-refractivity contribution < 1.29 is 9.53 Å². The highest BCUT2D eigenvalue weighted by Crippen LogP contribution is 2.48. The molecule has 1 amide bonds. The first-order chi connectivity index (χ1) is 16.1. The van der Waals surface area contributed by atoms with Crippen LogP contribution >= 0.6 is 0 Å². The third-order valence-electron chi connectivity index (χ3n) is 6.17. The summed E-state index contributed by atoms with van der Waals surface area (Å²) in [6.45, 7) is 0. The average Bonchev–Trinajstić information content (AvgIpc) is 3.17. The summed E-state index contributed by atoms with van der Waals surface area (Å²) in [4.78, 5) is 18.0. The summed E-state index contributed by atoms with van der Waals surface area (Å²) in [5.74, 6) is 0.628. The summed E-state index contributed by atoms with van der Waals surface area (Å²) in [7, 11) is 1.63. The van der Waals surface area contributed by atoms with Gasteiger partial charge in [-0.05, 0) is 34.4 Å². The highest BCUT2D eigenvalue weighted by molar-refractivity contribution is 6.06. The Morgan fingerprint density at radius 1 is 0.788 bits per heavy atom. The Hall–Kier alpha value is -4.38. The fraction of sp³-hybridized carbons (Fsp3) is 0.0714. The Labute approximate surface area is 192 Å². The molecule has 1 heterocycles. The van der Waals surface area contributed by atoms with Gasteiger partial charge in [0, 0.05) is 11.1 Å². The van der Waals surface area contributed by atoms with Crippen LogP contribution in [0.25, 0.3) is 11.1 Å². The Bertz CT molecular complexity index is 1380. The molecule has 0 radical (unpaired) electrons. The van der Waals surface area contributed by atoms with Crippen molar-refractivity contribution in [3.8, 4) is 16.9 Å². The van der Waals surface area contributed by atoms with Crippen LogP contribution in [-0.2, 0) is 5.54 Å². The molecule has 5 nitrogen and oxygen atoms in total. The van der Waals surface area contributed by atoms with Crippen LogP contribution in [0.1, 0.15) is 32.6 Å². The lowest BCUT2D eigenvalue weighted by molar-refractivity contribution is 0.0999. The number of nitrogens with zero attached hydrogens (tertiary/aromatic N) is 1. The zero-order chi connectivity index (χ0) is 23.0. The molecule has 4 aromatic carbocycles. The highest BCUT2D eigenvalue weighted by atomic mass is 16.5. The topological polar surface area (TPSA) is 90.7 Å². The zero-order valence-electron chi connectivity index (χ0n) is 18.2. The largest absolute Gasteiger partial charge is 0.497 e. The van der Waals surface area contributed by atoms with Gasteiger partial charge in [0.1, 0.15) is 17.1 Å². The van der Waals surface area contributed by atoms with Crippen LogP contribution in [0.4, 0.5) is 0 Å². The maximum absolute atomic E-state index is 13.0. The molecule has 1 aliphatic heterocycles. The fourth-order valence-corrected chi connectivity index (χ4v) is 4.71. The summed E-state index contributed by atoms with van der Waals surface area (Å²) in [6.07, 6.45) is 0. The minimum absolute atomic E-state index is 0.418. The third-order valence-corrected chi connectivity index (χ3v) is 6.17. The van der Waals surface area contributed by atoms with Crippen molar-refractivity contribution >= 4 is 11.7 Å². The normalized spacial score (nSPS) is 16.7. The monoisotopic (exact) mass is 433 g/mol. The van der Waals surface area contributed by atoms with Gasteiger partial charge in [0.2, 0.25) is 5.91 Å². The van der Waals surface area contributed by atoms with Crippen LogP contribution in [-0.4, -0.2) is 18.9 Å². The Kier molecular flexibility index (Phi) is 4.94. The number of amidine groups is 1. The molecule has 0 saturated carbocycles. The number of aliphatic imine (C=N–C) groups is 1. The van der Waals surface area contributed by atoms with E-state index in [0.717, 1.165) is 33.6 Å². The molecule has 4 N–H and O–H groups in total. The Morgan fingerprint density at radius 2 is 1.42 bits per heavy atom. The highest BCUT2D eigenvalue weighted by Gasteiger charge is 2.45. The van der Waals surface area contributed by atoms with Crippen LogP contribution in [0.3, 0.4) is 0 Å². The van der Waals surface area contributed by atoms with Crippen molar-refractivity contribution in [1.82, 2.24) is 0 Å². The van der Waals surface area contributed by atoms with Crippen molar-refractivity contribution in [3.05, 3.63) is 125 Å². The summed E-state index contributed by atoms with van der Waals surface area (Å²) in [5, 5.41) is 0. The molecule has 5 rings (SSSR count). The van der Waals surface area contributed by atoms with E-state index in [4.69, 9.17) is 21.2 Å². The van der Waals surface area contributed by atoms with E-state index in [2.05, 4.69) is 0 Å². The van der Waals surface area contributed by atoms with Crippen molar-refractivity contribution in [2.75, 3.05) is 7.11 Å². The molecule has 0 aliphatic carbocycles. The van der Waals surface area contributed by atoms with E-state index >= 15 is 0 Å². The summed E-state index contributed by atoms with van der Waals surface area (Å²) in [6, 6.07) is 31.0. The number of rotatable bonds is 5. The molecule has 1 unspecified atom stereocenters. The second kappa shape index (κ2) is 7.95. The van der Waals surface area contributed by atoms with Gasteiger partial charge in [0.15, 0.2) is 0 Å². The van der Waals surface area contributed by atoms with Crippen LogP contribution in [0.15, 0.2) is 102 Å². The van der Waals surface area contributed by atoms with Crippen molar-refractivity contribution in [1.29, 1.82) is 0 Å². The average molecular weight is 434 g/mol. The van der Waals surface area contributed by atoms with Gasteiger partial charge in [-0.25, -0.2) is 4.99 Å². The predicted molar refractivity (Wildman–Crippen MR) is 130 cm³/mol. The number of nitrogens with two attached hydrogens (primary N) is 2. The van der Waals surface area contributed by atoms with Crippen molar-refractivity contribution in [2.45, 2.75) is 5.54 Å². The number of fused-ring (bicyclic) bond motifs is 1. The molecule has 162 valence electrons. The molecule has 1 atom stereocenters. The second-order valence-electron chi connectivity index (χ2n) is 7.94. The van der Waals surface area contributed by atoms with E-state index in [1.807, 2.05) is 97.1 Å². The first kappa shape index (κ1) is 20.5. The van der Waals surface area contributed by atoms with Crippen LogP contribution in [0.5, 0.6) is 5.75 Å². The van der Waals surface area contributed by atoms with Gasteiger partial charge < -0.3 is 16.2 Å². The SMILES string of the molecule is COc1ccc(C2(c3cccc(-c4ccccc4)c3C(N)=O)N=C(N)c3ccccc32)cc1. The van der Waals surface area contributed by atoms with Crippen LogP contribution < -0.4 is 16.2 Å². The third kappa shape index (κ3) is 3.17. The van der Waals surface area contributed by atoms with Crippen molar-refractivity contribution in [3.63, 3.8) is 0 Å². The number of ether oxygens (including phenoxy) is 1. The molecule has 4 aromatic rings. The van der Waals surface area contributed by atoms with Gasteiger partial charge in [-0.2, -0.15) is 0 Å². The molecule has 0 saturated heterocycles. The van der Waals surface area contributed by atoms with Gasteiger partial charge >= 0.3 is 0 Å². The Morgan fingerprint density at radius 3 is 2.12 bits per heavy atom. The first-order valence-electron chi connectivity index (χ1n) is 10.6. The van der Waals surface area contributed by atoms with Crippen LogP contribution in [0, 0.1) is 0 Å². The molecule has 0 spiro atoms. The molecule has 0 fully saturated rings. The number of amides is 1. The van der Waals surface area contributed by atoms with E-state index < -0.39 is 11.4 Å². The smallest absolute Gasteiger partial charge is 0.249 e. The lowest BCUT2D eigenvalue weighted by Crippen LogP contribution is -2.30. The minimum atomic E-state index is -1.03. The first-order valence-corrected chi connectivity index (χ1v) is 10.6. The van der Waals surface area contributed by atoms with Gasteiger partial charge in [0.25, 0.3) is 0 Å². The maximum atomic E-state index is 13.0. The molecular formula is C28H23N3O2. The lowest BCUT2D eigenvalue weighted by Gasteiger charge is -2.31. The second-order valence-corrected chi connectivity index (χ2v) is 7.94. The number of methoxy groups -OCH3 is 1. The number of hydrogen-bond acceptors (Lipinski definition) is 4. The number of benzene rings is 4. The van der Waals surface area contributed by atoms with Gasteiger partial charge in [0.05, 0.1) is 12.7 Å². The number of carbonyl (C=O) groups is 1. The van der Waals surface area contributed by atoms with E-state index in [1.54, 1.807) is 7.11 Å². The molecule has 33 heavy (non-hydrogen) atoms. The van der Waals surface area contributed by atoms with E-state index in [9.17, 15) is 4.79 Å². The van der Waals surface area contributed by atoms with Gasteiger partial charge in [-0.1, -0.05) is 84.9 Å². The summed E-state index contributed by atoms with van der Waals surface area (Å²) < 4.78 is 5.37. The van der Waals surface area contributed by atoms with Crippen molar-refractivity contribution in [2.24, 2.45) is 16.5 Å². The maximum Gasteiger partial charge on any atom is 0.249 e. The lowest BCUT2D eigenvalue weighted by atomic mass is 9.74. The molecule has 1 aliphatic rings. The van der Waals surface area contributed by atoms with E-state index in [-0.39, 0.29) is 0 Å². The molecular weight excluding hydrogens is 410 g/mol. The fourth-order valence-electron chi connectivity index (χ4n) is 4.71. The quantitative estimate of drug-likeness (QED) is 0.486. The van der Waals surface area contributed by atoms with Gasteiger partial charge in [-0.3, -0.25) is 4.79 Å². The molecule has 5 heteroatoms. The van der Waals surface area contributed by atoms with E-state index in [1.165, 1.54) is 0 Å². The number of hydrogen-bond donors (Lipinski definition) is 2. The zero-order valence-corrected chi connectivity index (χ0v) is 18.2. The van der Waals surface area contributed by atoms with Gasteiger partial charge in [-0.15, -0.1) is 0 Å².